The maximum Gasteiger partial charge on any atom is 0.242 e. The smallest absolute Gasteiger partial charge is 0.242 e. The van der Waals surface area contributed by atoms with Crippen LogP contribution in [0.15, 0.2) is 11.6 Å². The van der Waals surface area contributed by atoms with Crippen molar-refractivity contribution in [1.29, 1.82) is 0 Å². The van der Waals surface area contributed by atoms with Crippen LogP contribution in [0.5, 0.6) is 0 Å². The lowest BCUT2D eigenvalue weighted by Gasteiger charge is -2.30. The number of carbonyl (C=O) groups is 1. The fourth-order valence-corrected chi connectivity index (χ4v) is 2.59. The SMILES string of the molecule is CN(C(=O)CN1CCCC(O)C1)c1nccs1. The van der Waals surface area contributed by atoms with E-state index in [0.717, 1.165) is 19.4 Å². The van der Waals surface area contributed by atoms with Crippen molar-refractivity contribution in [3.8, 4) is 0 Å². The maximum absolute atomic E-state index is 12.0. The summed E-state index contributed by atoms with van der Waals surface area (Å²) in [5, 5.41) is 12.1. The molecule has 1 amide bonds. The number of amides is 1. The molecule has 2 heterocycles. The Balaban J connectivity index is 1.88. The first-order valence-electron chi connectivity index (χ1n) is 5.73. The van der Waals surface area contributed by atoms with Gasteiger partial charge in [-0.3, -0.25) is 14.6 Å². The highest BCUT2D eigenvalue weighted by atomic mass is 32.1. The molecule has 0 saturated carbocycles. The third-order valence-corrected chi connectivity index (χ3v) is 3.77. The molecule has 94 valence electrons. The number of rotatable bonds is 3. The summed E-state index contributed by atoms with van der Waals surface area (Å²) in [5.41, 5.74) is 0. The second-order valence-corrected chi connectivity index (χ2v) is 5.17. The molecule has 1 aromatic heterocycles. The third kappa shape index (κ3) is 3.24. The van der Waals surface area contributed by atoms with Crippen LogP contribution in [-0.2, 0) is 4.79 Å². The standard InChI is InChI=1S/C11H17N3O2S/c1-13(11-12-4-6-17-11)10(16)8-14-5-2-3-9(15)7-14/h4,6,9,15H,2-3,5,7-8H2,1H3. The van der Waals surface area contributed by atoms with Gasteiger partial charge in [0.15, 0.2) is 5.13 Å². The van der Waals surface area contributed by atoms with Gasteiger partial charge in [-0.15, -0.1) is 11.3 Å². The van der Waals surface area contributed by atoms with Crippen molar-refractivity contribution in [2.45, 2.75) is 18.9 Å². The van der Waals surface area contributed by atoms with E-state index in [0.29, 0.717) is 18.2 Å². The molecule has 5 nitrogen and oxygen atoms in total. The van der Waals surface area contributed by atoms with Crippen molar-refractivity contribution >= 4 is 22.4 Å². The first-order chi connectivity index (χ1) is 8.16. The number of β-amino-alcohol motifs (C(OH)–C–C–N with tert-alkyl or cyclic N) is 1. The summed E-state index contributed by atoms with van der Waals surface area (Å²) >= 11 is 1.45. The number of carbonyl (C=O) groups excluding carboxylic acids is 1. The highest BCUT2D eigenvalue weighted by Crippen LogP contribution is 2.16. The molecule has 1 fully saturated rings. The monoisotopic (exact) mass is 255 g/mol. The van der Waals surface area contributed by atoms with Gasteiger partial charge in [0.2, 0.25) is 5.91 Å². The minimum Gasteiger partial charge on any atom is -0.392 e. The van der Waals surface area contributed by atoms with Crippen LogP contribution >= 0.6 is 11.3 Å². The lowest BCUT2D eigenvalue weighted by Crippen LogP contribution is -2.44. The Kier molecular flexibility index (Phi) is 4.09. The Labute approximate surface area is 105 Å². The molecule has 0 aromatic carbocycles. The Morgan fingerprint density at radius 2 is 2.59 bits per heavy atom. The molecule has 0 radical (unpaired) electrons. The Hall–Kier alpha value is -0.980. The number of likely N-dealkylation sites (tertiary alicyclic amines) is 1. The summed E-state index contributed by atoms with van der Waals surface area (Å²) in [6, 6.07) is 0. The van der Waals surface area contributed by atoms with Crippen LogP contribution in [0.25, 0.3) is 0 Å². The van der Waals surface area contributed by atoms with E-state index in [1.54, 1.807) is 18.1 Å². The normalized spacial score (nSPS) is 21.4. The van der Waals surface area contributed by atoms with E-state index >= 15 is 0 Å². The number of aromatic nitrogens is 1. The zero-order valence-electron chi connectivity index (χ0n) is 9.87. The predicted octanol–water partition coefficient (Wildman–Crippen LogP) is 0.563. The molecule has 1 aliphatic rings. The highest BCUT2D eigenvalue weighted by Gasteiger charge is 2.22. The number of aliphatic hydroxyl groups is 1. The molecular weight excluding hydrogens is 238 g/mol. The van der Waals surface area contributed by atoms with Gasteiger partial charge >= 0.3 is 0 Å². The van der Waals surface area contributed by atoms with Crippen LogP contribution in [0.1, 0.15) is 12.8 Å². The number of hydrogen-bond acceptors (Lipinski definition) is 5. The number of hydrogen-bond donors (Lipinski definition) is 1. The van der Waals surface area contributed by atoms with Gasteiger partial charge in [0, 0.05) is 25.2 Å². The number of piperidine rings is 1. The van der Waals surface area contributed by atoms with E-state index in [-0.39, 0.29) is 12.0 Å². The zero-order chi connectivity index (χ0) is 12.3. The van der Waals surface area contributed by atoms with Crippen LogP contribution in [0, 0.1) is 0 Å². The van der Waals surface area contributed by atoms with Crippen molar-refractivity contribution in [3.63, 3.8) is 0 Å². The largest absolute Gasteiger partial charge is 0.392 e. The molecule has 6 heteroatoms. The van der Waals surface area contributed by atoms with Gasteiger partial charge in [-0.05, 0) is 19.4 Å². The number of thiazole rings is 1. The maximum atomic E-state index is 12.0. The molecule has 1 aliphatic heterocycles. The number of nitrogens with zero attached hydrogens (tertiary/aromatic N) is 3. The van der Waals surface area contributed by atoms with Crippen molar-refractivity contribution < 1.29 is 9.90 Å². The predicted molar refractivity (Wildman–Crippen MR) is 67.2 cm³/mol. The molecule has 1 N–H and O–H groups in total. The zero-order valence-corrected chi connectivity index (χ0v) is 10.7. The quantitative estimate of drug-likeness (QED) is 0.857. The minimum atomic E-state index is -0.290. The van der Waals surface area contributed by atoms with Crippen molar-refractivity contribution in [1.82, 2.24) is 9.88 Å². The third-order valence-electron chi connectivity index (χ3n) is 2.92. The van der Waals surface area contributed by atoms with E-state index in [4.69, 9.17) is 0 Å². The van der Waals surface area contributed by atoms with Crippen LogP contribution in [0.3, 0.4) is 0 Å². The highest BCUT2D eigenvalue weighted by molar-refractivity contribution is 7.13. The average Bonchev–Trinajstić information content (AvgIpc) is 2.81. The van der Waals surface area contributed by atoms with Gasteiger partial charge in [0.25, 0.3) is 0 Å². The number of anilines is 1. The van der Waals surface area contributed by atoms with E-state index in [2.05, 4.69) is 4.98 Å². The van der Waals surface area contributed by atoms with Gasteiger partial charge in [-0.2, -0.15) is 0 Å². The lowest BCUT2D eigenvalue weighted by molar-refractivity contribution is -0.120. The molecular formula is C11H17N3O2S. The van der Waals surface area contributed by atoms with E-state index in [1.165, 1.54) is 11.3 Å². The van der Waals surface area contributed by atoms with Crippen molar-refractivity contribution in [2.75, 3.05) is 31.6 Å². The fourth-order valence-electron chi connectivity index (χ4n) is 1.96. The van der Waals surface area contributed by atoms with Crippen LogP contribution in [0.2, 0.25) is 0 Å². The van der Waals surface area contributed by atoms with Crippen molar-refractivity contribution in [2.24, 2.45) is 0 Å². The number of likely N-dealkylation sites (N-methyl/N-ethyl adjacent to an activating group) is 1. The first-order valence-corrected chi connectivity index (χ1v) is 6.61. The van der Waals surface area contributed by atoms with E-state index in [1.807, 2.05) is 10.3 Å². The number of aliphatic hydroxyl groups excluding tert-OH is 1. The topological polar surface area (TPSA) is 56.7 Å². The van der Waals surface area contributed by atoms with Crippen LogP contribution in [-0.4, -0.2) is 53.7 Å². The lowest BCUT2D eigenvalue weighted by atomic mass is 10.1. The van der Waals surface area contributed by atoms with Gasteiger partial charge in [0.05, 0.1) is 12.6 Å². The minimum absolute atomic E-state index is 0.0223. The van der Waals surface area contributed by atoms with Crippen LogP contribution in [0.4, 0.5) is 5.13 Å². The Bertz CT molecular complexity index is 369. The van der Waals surface area contributed by atoms with E-state index < -0.39 is 0 Å². The summed E-state index contributed by atoms with van der Waals surface area (Å²) in [7, 11) is 1.74. The molecule has 0 spiro atoms. The van der Waals surface area contributed by atoms with E-state index in [9.17, 15) is 9.90 Å². The average molecular weight is 255 g/mol. The van der Waals surface area contributed by atoms with Gasteiger partial charge < -0.3 is 5.11 Å². The molecule has 0 bridgehead atoms. The summed E-state index contributed by atoms with van der Waals surface area (Å²) in [5.74, 6) is 0.0223. The molecule has 1 aromatic rings. The summed E-state index contributed by atoms with van der Waals surface area (Å²) < 4.78 is 0. The van der Waals surface area contributed by atoms with Gasteiger partial charge in [0.1, 0.15) is 0 Å². The first kappa shape index (κ1) is 12.5. The van der Waals surface area contributed by atoms with Gasteiger partial charge in [-0.25, -0.2) is 4.98 Å². The molecule has 1 unspecified atom stereocenters. The second-order valence-electron chi connectivity index (χ2n) is 4.30. The summed E-state index contributed by atoms with van der Waals surface area (Å²) in [6.45, 7) is 1.83. The summed E-state index contributed by atoms with van der Waals surface area (Å²) in [6.07, 6.45) is 3.19. The fraction of sp³-hybridized carbons (Fsp3) is 0.636. The second kappa shape index (κ2) is 5.57. The molecule has 1 saturated heterocycles. The van der Waals surface area contributed by atoms with Gasteiger partial charge in [-0.1, -0.05) is 0 Å². The molecule has 2 rings (SSSR count). The van der Waals surface area contributed by atoms with Crippen molar-refractivity contribution in [3.05, 3.63) is 11.6 Å². The Morgan fingerprint density at radius 3 is 3.24 bits per heavy atom. The molecule has 17 heavy (non-hydrogen) atoms. The Morgan fingerprint density at radius 1 is 1.76 bits per heavy atom. The molecule has 0 aliphatic carbocycles. The molecule has 1 atom stereocenters. The van der Waals surface area contributed by atoms with Crippen LogP contribution < -0.4 is 4.90 Å². The summed E-state index contributed by atoms with van der Waals surface area (Å²) in [4.78, 5) is 19.7.